The monoisotopic (exact) mass is 497 g/mol. The predicted molar refractivity (Wildman–Crippen MR) is 133 cm³/mol. The van der Waals surface area contributed by atoms with E-state index in [2.05, 4.69) is 27.4 Å². The first-order valence-electron chi connectivity index (χ1n) is 12.6. The van der Waals surface area contributed by atoms with Crippen LogP contribution in [0.15, 0.2) is 18.2 Å². The number of hydrogen-bond donors (Lipinski definition) is 4. The lowest BCUT2D eigenvalue weighted by Gasteiger charge is -2.29. The fourth-order valence-corrected chi connectivity index (χ4v) is 4.77. The summed E-state index contributed by atoms with van der Waals surface area (Å²) in [5, 5.41) is 15.7. The number of imide groups is 1. The van der Waals surface area contributed by atoms with Crippen LogP contribution in [0.25, 0.3) is 0 Å². The summed E-state index contributed by atoms with van der Waals surface area (Å²) in [5.74, 6) is 4.82. The van der Waals surface area contributed by atoms with Crippen molar-refractivity contribution in [3.05, 3.63) is 34.9 Å². The van der Waals surface area contributed by atoms with Crippen LogP contribution in [-0.4, -0.2) is 96.8 Å². The second kappa shape index (κ2) is 12.4. The standard InChI is InChI=1S/C26H35N5O5/c27-19-8-11-30(12-9-19)13-15-36-14-10-28-16-20(32)5-4-18-2-1-3-21-22(18)17-31(26(21)35)23-6-7-24(33)29-25(23)34/h1-3,19-20,23,28,32H,6-17,27H2,(H,29,33,34). The first kappa shape index (κ1) is 26.3. The molecule has 36 heavy (non-hydrogen) atoms. The Morgan fingerprint density at radius 3 is 2.78 bits per heavy atom. The number of nitrogens with two attached hydrogens (primary N) is 1. The second-order valence-electron chi connectivity index (χ2n) is 9.51. The minimum absolute atomic E-state index is 0.209. The maximum Gasteiger partial charge on any atom is 0.255 e. The molecular weight excluding hydrogens is 462 g/mol. The number of aliphatic hydroxyl groups is 1. The Morgan fingerprint density at radius 2 is 2.00 bits per heavy atom. The van der Waals surface area contributed by atoms with Gasteiger partial charge in [-0.2, -0.15) is 0 Å². The van der Waals surface area contributed by atoms with Crippen molar-refractivity contribution in [2.45, 2.75) is 50.4 Å². The van der Waals surface area contributed by atoms with Gasteiger partial charge in [0.2, 0.25) is 11.8 Å². The van der Waals surface area contributed by atoms with Gasteiger partial charge in [0.05, 0.1) is 13.2 Å². The van der Waals surface area contributed by atoms with Crippen molar-refractivity contribution in [1.29, 1.82) is 0 Å². The molecule has 4 rings (SSSR count). The van der Waals surface area contributed by atoms with E-state index >= 15 is 0 Å². The van der Waals surface area contributed by atoms with Gasteiger partial charge in [-0.15, -0.1) is 0 Å². The Labute approximate surface area is 211 Å². The van der Waals surface area contributed by atoms with Crippen LogP contribution in [0.1, 0.15) is 47.2 Å². The molecule has 2 atom stereocenters. The molecule has 2 unspecified atom stereocenters. The number of carbonyl (C=O) groups is 3. The number of carbonyl (C=O) groups excluding carboxylic acids is 3. The molecule has 3 amide bonds. The molecule has 0 aromatic heterocycles. The molecule has 0 saturated carbocycles. The SMILES string of the molecule is NC1CCN(CCOCCNCC(O)C#Cc2cccc3c2CN(C2CCC(=O)NC2=O)C3=O)CC1. The number of likely N-dealkylation sites (tertiary alicyclic amines) is 1. The Hall–Kier alpha value is -2.81. The van der Waals surface area contributed by atoms with Gasteiger partial charge in [-0.05, 0) is 50.0 Å². The summed E-state index contributed by atoms with van der Waals surface area (Å²) >= 11 is 0. The van der Waals surface area contributed by atoms with Crippen LogP contribution >= 0.6 is 0 Å². The van der Waals surface area contributed by atoms with Gasteiger partial charge in [0.1, 0.15) is 12.1 Å². The molecule has 2 fully saturated rings. The molecule has 0 radical (unpaired) electrons. The number of piperidine rings is 2. The van der Waals surface area contributed by atoms with E-state index < -0.39 is 18.1 Å². The second-order valence-corrected chi connectivity index (χ2v) is 9.51. The number of hydrogen-bond acceptors (Lipinski definition) is 8. The molecule has 1 aromatic rings. The van der Waals surface area contributed by atoms with E-state index in [9.17, 15) is 19.5 Å². The molecule has 3 aliphatic rings. The molecule has 3 heterocycles. The average molecular weight is 498 g/mol. The van der Waals surface area contributed by atoms with E-state index in [1.165, 1.54) is 4.90 Å². The number of nitrogens with zero attached hydrogens (tertiary/aromatic N) is 2. The zero-order valence-electron chi connectivity index (χ0n) is 20.5. The van der Waals surface area contributed by atoms with Crippen molar-refractivity contribution in [3.8, 4) is 11.8 Å². The first-order valence-corrected chi connectivity index (χ1v) is 12.6. The number of amides is 3. The van der Waals surface area contributed by atoms with Crippen LogP contribution < -0.4 is 16.4 Å². The molecule has 0 bridgehead atoms. The summed E-state index contributed by atoms with van der Waals surface area (Å²) in [7, 11) is 0. The zero-order valence-corrected chi connectivity index (χ0v) is 20.5. The molecule has 10 heteroatoms. The van der Waals surface area contributed by atoms with Crippen molar-refractivity contribution in [2.24, 2.45) is 5.73 Å². The summed E-state index contributed by atoms with van der Waals surface area (Å²) in [5.41, 5.74) is 7.82. The van der Waals surface area contributed by atoms with Crippen molar-refractivity contribution >= 4 is 17.7 Å². The van der Waals surface area contributed by atoms with Crippen LogP contribution in [0.2, 0.25) is 0 Å². The summed E-state index contributed by atoms with van der Waals surface area (Å²) < 4.78 is 5.67. The number of fused-ring (bicyclic) bond motifs is 1. The lowest BCUT2D eigenvalue weighted by atomic mass is 10.0. The highest BCUT2D eigenvalue weighted by atomic mass is 16.5. The molecule has 10 nitrogen and oxygen atoms in total. The molecule has 0 aliphatic carbocycles. The Kier molecular flexibility index (Phi) is 9.07. The topological polar surface area (TPSA) is 137 Å². The number of aliphatic hydroxyl groups excluding tert-OH is 1. The van der Waals surface area contributed by atoms with Gasteiger partial charge >= 0.3 is 0 Å². The van der Waals surface area contributed by atoms with Crippen LogP contribution in [0.3, 0.4) is 0 Å². The third-order valence-corrected chi connectivity index (χ3v) is 6.90. The zero-order chi connectivity index (χ0) is 25.5. The first-order chi connectivity index (χ1) is 17.4. The summed E-state index contributed by atoms with van der Waals surface area (Å²) in [6.07, 6.45) is 1.73. The van der Waals surface area contributed by atoms with Gasteiger partial charge in [-0.1, -0.05) is 17.9 Å². The molecule has 5 N–H and O–H groups in total. The third kappa shape index (κ3) is 6.69. The third-order valence-electron chi connectivity index (χ3n) is 6.90. The van der Waals surface area contributed by atoms with E-state index in [4.69, 9.17) is 10.5 Å². The molecule has 2 saturated heterocycles. The van der Waals surface area contributed by atoms with Gasteiger partial charge in [-0.25, -0.2) is 0 Å². The summed E-state index contributed by atoms with van der Waals surface area (Å²) in [6.45, 7) is 5.36. The molecule has 0 spiro atoms. The van der Waals surface area contributed by atoms with Crippen molar-refractivity contribution in [1.82, 2.24) is 20.4 Å². The quantitative estimate of drug-likeness (QED) is 0.198. The maximum atomic E-state index is 12.9. The van der Waals surface area contributed by atoms with Crippen LogP contribution in [0.5, 0.6) is 0 Å². The summed E-state index contributed by atoms with van der Waals surface area (Å²) in [4.78, 5) is 40.5. The van der Waals surface area contributed by atoms with E-state index in [1.807, 2.05) is 0 Å². The van der Waals surface area contributed by atoms with Gasteiger partial charge in [0.25, 0.3) is 5.91 Å². The predicted octanol–water partition coefficient (Wildman–Crippen LogP) is -0.811. The van der Waals surface area contributed by atoms with Gasteiger partial charge < -0.3 is 30.7 Å². The number of rotatable bonds is 9. The van der Waals surface area contributed by atoms with Gasteiger partial charge in [0.15, 0.2) is 0 Å². The van der Waals surface area contributed by atoms with E-state index in [-0.39, 0.29) is 24.8 Å². The Morgan fingerprint density at radius 1 is 1.19 bits per heavy atom. The number of benzene rings is 1. The molecular formula is C26H35N5O5. The molecule has 194 valence electrons. The Balaban J connectivity index is 1.20. The van der Waals surface area contributed by atoms with Crippen LogP contribution in [-0.2, 0) is 20.9 Å². The van der Waals surface area contributed by atoms with Crippen LogP contribution in [0.4, 0.5) is 0 Å². The normalized spacial score (nSPS) is 21.7. The van der Waals surface area contributed by atoms with E-state index in [0.717, 1.165) is 38.0 Å². The number of ether oxygens (including phenoxy) is 1. The minimum Gasteiger partial charge on any atom is -0.379 e. The highest BCUT2D eigenvalue weighted by Gasteiger charge is 2.39. The maximum absolute atomic E-state index is 12.9. The lowest BCUT2D eigenvalue weighted by molar-refractivity contribution is -0.136. The Bertz CT molecular complexity index is 1030. The van der Waals surface area contributed by atoms with E-state index in [0.29, 0.717) is 49.9 Å². The highest BCUT2D eigenvalue weighted by Crippen LogP contribution is 2.29. The van der Waals surface area contributed by atoms with Crippen molar-refractivity contribution < 1.29 is 24.2 Å². The number of nitrogens with one attached hydrogen (secondary N) is 2. The lowest BCUT2D eigenvalue weighted by Crippen LogP contribution is -2.52. The molecule has 1 aromatic carbocycles. The van der Waals surface area contributed by atoms with Crippen LogP contribution in [0, 0.1) is 11.8 Å². The minimum atomic E-state index is -0.873. The average Bonchev–Trinajstić information content (AvgIpc) is 3.20. The van der Waals surface area contributed by atoms with Gasteiger partial charge in [-0.3, -0.25) is 19.7 Å². The summed E-state index contributed by atoms with van der Waals surface area (Å²) in [6, 6.07) is 4.93. The fourth-order valence-electron chi connectivity index (χ4n) is 4.77. The van der Waals surface area contributed by atoms with Gasteiger partial charge in [0, 0.05) is 49.8 Å². The fraction of sp³-hybridized carbons (Fsp3) is 0.577. The van der Waals surface area contributed by atoms with Crippen molar-refractivity contribution in [3.63, 3.8) is 0 Å². The largest absolute Gasteiger partial charge is 0.379 e. The molecule has 3 aliphatic heterocycles. The van der Waals surface area contributed by atoms with Crippen molar-refractivity contribution in [2.75, 3.05) is 45.9 Å². The highest BCUT2D eigenvalue weighted by molar-refractivity contribution is 6.05. The smallest absolute Gasteiger partial charge is 0.255 e. The van der Waals surface area contributed by atoms with E-state index in [1.54, 1.807) is 18.2 Å².